The molecule has 0 aromatic heterocycles. The van der Waals surface area contributed by atoms with E-state index in [9.17, 15) is 38.4 Å². The predicted octanol–water partition coefficient (Wildman–Crippen LogP) is 5.91. The number of hydrogen-bond donors (Lipinski definition) is 3. The Bertz CT molecular complexity index is 2280. The third-order valence-electron chi connectivity index (χ3n) is 13.8. The molecule has 1 unspecified atom stereocenters. The molecule has 2 fully saturated rings. The van der Waals surface area contributed by atoms with Crippen molar-refractivity contribution in [2.45, 2.75) is 174 Å². The van der Waals surface area contributed by atoms with E-state index in [1.54, 1.807) is 52.0 Å². The number of methoxy groups -OCH3 is 3. The third kappa shape index (κ3) is 19.0. The highest BCUT2D eigenvalue weighted by Gasteiger charge is 2.46. The van der Waals surface area contributed by atoms with Gasteiger partial charge in [-0.25, -0.2) is 14.4 Å². The van der Waals surface area contributed by atoms with Crippen LogP contribution in [0.15, 0.2) is 54.6 Å². The molecular formula is C57H85N5O16. The number of nitrogens with one attached hydrogen (secondary N) is 3. The predicted molar refractivity (Wildman–Crippen MR) is 286 cm³/mol. The Balaban J connectivity index is 1.61. The van der Waals surface area contributed by atoms with Crippen molar-refractivity contribution in [3.05, 3.63) is 65.7 Å². The minimum absolute atomic E-state index is 0.0112. The van der Waals surface area contributed by atoms with Gasteiger partial charge in [0.1, 0.15) is 73.5 Å². The number of carbonyl (C=O) groups is 8. The van der Waals surface area contributed by atoms with Gasteiger partial charge in [0.05, 0.1) is 25.2 Å². The molecule has 1 saturated heterocycles. The Morgan fingerprint density at radius 2 is 1.49 bits per heavy atom. The van der Waals surface area contributed by atoms with E-state index in [1.807, 2.05) is 58.0 Å². The second-order valence-corrected chi connectivity index (χ2v) is 21.9. The average Bonchev–Trinajstić information content (AvgIpc) is 3.91. The number of nitrogens with zero attached hydrogens (tertiary/aromatic N) is 2. The van der Waals surface area contributed by atoms with Crippen LogP contribution in [0.5, 0.6) is 5.75 Å². The van der Waals surface area contributed by atoms with Gasteiger partial charge in [-0.15, -0.1) is 0 Å². The molecule has 2 aliphatic rings. The minimum Gasteiger partial charge on any atom is -0.497 e. The number of hydrogen-bond acceptors (Lipinski definition) is 16. The first-order valence-corrected chi connectivity index (χ1v) is 26.9. The second-order valence-electron chi connectivity index (χ2n) is 21.9. The lowest BCUT2D eigenvalue weighted by Gasteiger charge is -2.39. The molecule has 1 heterocycles. The monoisotopic (exact) mass is 1100 g/mol. The summed E-state index contributed by atoms with van der Waals surface area (Å²) in [5.74, 6) is -4.63. The van der Waals surface area contributed by atoms with E-state index in [0.717, 1.165) is 11.8 Å². The quantitative estimate of drug-likeness (QED) is 0.0407. The van der Waals surface area contributed by atoms with Crippen LogP contribution < -0.4 is 20.7 Å². The third-order valence-corrected chi connectivity index (χ3v) is 13.8. The number of benzene rings is 2. The number of ether oxygens (including phenoxy) is 8. The largest absolute Gasteiger partial charge is 0.497 e. The number of likely N-dealkylation sites (tertiary alicyclic amines) is 1. The lowest BCUT2D eigenvalue weighted by molar-refractivity contribution is -0.187. The molecule has 21 heteroatoms. The molecule has 1 saturated carbocycles. The SMILES string of the molecule is COCO[C@@H]([C@H](C)C=O)[C@@H](OC(=O)[C@H]1CCCC(NC(=O)[C@@H](NC(=O)OC(C)(C)C)[C@@H](C)OC(=O)[C@H](Cc2ccc(OC)cc2)N(C)C(=O)[C@@H]2CCCN2C(=O)[C@H](CC(C)C)NC(=O)OCc2ccccc2)[C@H]1OC)C(C)C. The van der Waals surface area contributed by atoms with Gasteiger partial charge in [0.15, 0.2) is 0 Å². The second kappa shape index (κ2) is 30.7. The fraction of sp³-hybridized carbons (Fsp3) is 0.649. The van der Waals surface area contributed by atoms with Crippen molar-refractivity contribution in [3.63, 3.8) is 0 Å². The van der Waals surface area contributed by atoms with Crippen LogP contribution in [-0.2, 0) is 75.0 Å². The molecule has 4 rings (SSSR count). The number of amides is 5. The summed E-state index contributed by atoms with van der Waals surface area (Å²) in [5.41, 5.74) is 0.389. The molecule has 0 spiro atoms. The Labute approximate surface area is 459 Å². The summed E-state index contributed by atoms with van der Waals surface area (Å²) in [6.07, 6.45) is -2.91. The van der Waals surface area contributed by atoms with Crippen LogP contribution in [0.2, 0.25) is 0 Å². The Morgan fingerprint density at radius 3 is 2.08 bits per heavy atom. The van der Waals surface area contributed by atoms with Crippen LogP contribution in [0.3, 0.4) is 0 Å². The van der Waals surface area contributed by atoms with Gasteiger partial charge in [-0.2, -0.15) is 0 Å². The van der Waals surface area contributed by atoms with Gasteiger partial charge >= 0.3 is 24.1 Å². The summed E-state index contributed by atoms with van der Waals surface area (Å²) >= 11 is 0. The Morgan fingerprint density at radius 1 is 0.808 bits per heavy atom. The van der Waals surface area contributed by atoms with Crippen molar-refractivity contribution in [1.82, 2.24) is 25.8 Å². The van der Waals surface area contributed by atoms with Gasteiger partial charge < -0.3 is 68.4 Å². The van der Waals surface area contributed by atoms with Crippen molar-refractivity contribution in [2.75, 3.05) is 41.7 Å². The Kier molecular flexibility index (Phi) is 25.3. The van der Waals surface area contributed by atoms with Crippen LogP contribution in [0.4, 0.5) is 9.59 Å². The van der Waals surface area contributed by atoms with Crippen molar-refractivity contribution in [3.8, 4) is 5.75 Å². The number of carbonyl (C=O) groups excluding carboxylic acids is 8. The summed E-state index contributed by atoms with van der Waals surface area (Å²) in [5, 5.41) is 8.23. The molecule has 1 aliphatic carbocycles. The van der Waals surface area contributed by atoms with Gasteiger partial charge in [0, 0.05) is 40.2 Å². The summed E-state index contributed by atoms with van der Waals surface area (Å²) < 4.78 is 45.4. The summed E-state index contributed by atoms with van der Waals surface area (Å²) in [4.78, 5) is 114. The normalized spacial score (nSPS) is 20.2. The molecule has 2 aromatic rings. The molecule has 21 nitrogen and oxygen atoms in total. The topological polar surface area (TPSA) is 253 Å². The lowest BCUT2D eigenvalue weighted by atomic mass is 9.82. The first-order valence-electron chi connectivity index (χ1n) is 26.9. The number of rotatable bonds is 27. The van der Waals surface area contributed by atoms with E-state index >= 15 is 0 Å². The maximum atomic E-state index is 14.8. The van der Waals surface area contributed by atoms with Crippen LogP contribution in [0, 0.1) is 23.7 Å². The Hall–Kier alpha value is -6.32. The maximum Gasteiger partial charge on any atom is 0.408 e. The van der Waals surface area contributed by atoms with Crippen molar-refractivity contribution >= 4 is 48.1 Å². The van der Waals surface area contributed by atoms with Gasteiger partial charge in [-0.05, 0) is 94.9 Å². The zero-order valence-electron chi connectivity index (χ0n) is 47.8. The van der Waals surface area contributed by atoms with Crippen molar-refractivity contribution < 1.29 is 76.3 Å². The fourth-order valence-corrected chi connectivity index (χ4v) is 9.75. The lowest BCUT2D eigenvalue weighted by Crippen LogP contribution is -2.60. The molecule has 11 atom stereocenters. The molecule has 1 aliphatic heterocycles. The van der Waals surface area contributed by atoms with E-state index in [0.29, 0.717) is 37.0 Å². The van der Waals surface area contributed by atoms with Gasteiger partial charge in [0.2, 0.25) is 17.7 Å². The average molecular weight is 1100 g/mol. The molecule has 5 amide bonds. The standard InChI is InChI=1S/C57H85N5O16/c1-34(2)29-43(59-55(69)74-32-39-19-15-14-16-20-39)51(65)62-28-18-23-44(62)52(66)61(10)45(30-38-24-26-40(72-12)27-25-38)54(68)76-37(6)46(60-56(70)78-57(7,8)9)50(64)58-42-22-17-21-41(49(42)73-13)53(67)77-47(35(3)4)48(36(5)31-63)75-33-71-11/h14-16,19-20,24-27,31,34-37,41-49H,17-18,21-23,28-30,32-33H2,1-13H3,(H,58,64)(H,59,69)(H,60,70)/t36-,37-,41+,42?,43+,44+,45+,46+,47+,48+,49+/m1/s1. The van der Waals surface area contributed by atoms with Crippen LogP contribution in [-0.4, -0.2) is 160 Å². The highest BCUT2D eigenvalue weighted by molar-refractivity contribution is 5.94. The van der Waals surface area contributed by atoms with E-state index in [-0.39, 0.29) is 51.0 Å². The van der Waals surface area contributed by atoms with E-state index in [1.165, 1.54) is 45.1 Å². The van der Waals surface area contributed by atoms with Crippen LogP contribution in [0.1, 0.15) is 112 Å². The molecule has 434 valence electrons. The number of likely N-dealkylation sites (N-methyl/N-ethyl adjacent to an activating group) is 1. The molecule has 78 heavy (non-hydrogen) atoms. The number of alkyl carbamates (subject to hydrolysis) is 2. The summed E-state index contributed by atoms with van der Waals surface area (Å²) in [6, 6.07) is 10.2. The highest BCUT2D eigenvalue weighted by atomic mass is 16.7. The maximum absolute atomic E-state index is 14.8. The van der Waals surface area contributed by atoms with Crippen LogP contribution >= 0.6 is 0 Å². The zero-order chi connectivity index (χ0) is 57.9. The van der Waals surface area contributed by atoms with Crippen LogP contribution in [0.25, 0.3) is 0 Å². The highest BCUT2D eigenvalue weighted by Crippen LogP contribution is 2.31. The molecular weight excluding hydrogens is 1010 g/mol. The first kappa shape index (κ1) is 64.2. The smallest absolute Gasteiger partial charge is 0.408 e. The zero-order valence-corrected chi connectivity index (χ0v) is 47.8. The van der Waals surface area contributed by atoms with E-state index in [2.05, 4.69) is 16.0 Å². The first-order chi connectivity index (χ1) is 36.9. The number of aldehydes is 1. The van der Waals surface area contributed by atoms with Crippen molar-refractivity contribution in [1.29, 1.82) is 0 Å². The van der Waals surface area contributed by atoms with E-state index < -0.39 is 114 Å². The van der Waals surface area contributed by atoms with Gasteiger partial charge in [-0.1, -0.05) is 83.5 Å². The van der Waals surface area contributed by atoms with E-state index in [4.69, 9.17) is 37.9 Å². The molecule has 0 bridgehead atoms. The molecule has 2 aromatic carbocycles. The molecule has 0 radical (unpaired) electrons. The molecule has 3 N–H and O–H groups in total. The van der Waals surface area contributed by atoms with Gasteiger partial charge in [0.25, 0.3) is 0 Å². The fourth-order valence-electron chi connectivity index (χ4n) is 9.75. The number of esters is 2. The summed E-state index contributed by atoms with van der Waals surface area (Å²) in [6.45, 7) is 15.6. The van der Waals surface area contributed by atoms with Crippen molar-refractivity contribution in [2.24, 2.45) is 23.7 Å². The van der Waals surface area contributed by atoms with Gasteiger partial charge in [-0.3, -0.25) is 19.2 Å². The minimum atomic E-state index is -1.59. The summed E-state index contributed by atoms with van der Waals surface area (Å²) in [7, 11) is 5.79.